The summed E-state index contributed by atoms with van der Waals surface area (Å²) in [4.78, 5) is 4.37. The summed E-state index contributed by atoms with van der Waals surface area (Å²) in [5, 5.41) is 3.42. The van der Waals surface area contributed by atoms with E-state index in [9.17, 15) is 8.42 Å². The molecular formula is C14H24N2O2S. The van der Waals surface area contributed by atoms with Crippen LogP contribution >= 0.6 is 0 Å². The summed E-state index contributed by atoms with van der Waals surface area (Å²) in [6.45, 7) is 6.89. The van der Waals surface area contributed by atoms with Gasteiger partial charge in [0.05, 0.1) is 0 Å². The molecule has 0 aromatic carbocycles. The summed E-state index contributed by atoms with van der Waals surface area (Å²) in [6, 6.07) is 4.34. The molecule has 1 unspecified atom stereocenters. The fourth-order valence-electron chi connectivity index (χ4n) is 2.25. The molecule has 0 aliphatic heterocycles. The highest BCUT2D eigenvalue weighted by Gasteiger charge is 2.13. The molecule has 0 radical (unpaired) electrons. The van der Waals surface area contributed by atoms with Gasteiger partial charge < -0.3 is 5.32 Å². The molecule has 0 spiro atoms. The summed E-state index contributed by atoms with van der Waals surface area (Å²) in [7, 11) is -2.87. The quantitative estimate of drug-likeness (QED) is 0.833. The van der Waals surface area contributed by atoms with Crippen LogP contribution in [0.5, 0.6) is 0 Å². The molecule has 19 heavy (non-hydrogen) atoms. The maximum Gasteiger partial charge on any atom is 0.147 e. The van der Waals surface area contributed by atoms with Crippen molar-refractivity contribution in [2.45, 2.75) is 39.7 Å². The largest absolute Gasteiger partial charge is 0.310 e. The lowest BCUT2D eigenvalue weighted by Crippen LogP contribution is -2.22. The first-order chi connectivity index (χ1) is 8.81. The zero-order valence-electron chi connectivity index (χ0n) is 12.2. The Hall–Kier alpha value is -0.940. The van der Waals surface area contributed by atoms with E-state index in [-0.39, 0.29) is 11.8 Å². The Kier molecular flexibility index (Phi) is 5.94. The third kappa shape index (κ3) is 6.16. The summed E-state index contributed by atoms with van der Waals surface area (Å²) >= 11 is 0. The first-order valence-corrected chi connectivity index (χ1v) is 8.74. The predicted octanol–water partition coefficient (Wildman–Crippen LogP) is 2.17. The topological polar surface area (TPSA) is 59.1 Å². The molecule has 1 atom stereocenters. The normalized spacial score (nSPS) is 13.5. The molecule has 0 aliphatic carbocycles. The zero-order chi connectivity index (χ0) is 14.5. The lowest BCUT2D eigenvalue weighted by Gasteiger charge is -2.19. The molecule has 108 valence electrons. The van der Waals surface area contributed by atoms with E-state index in [1.807, 2.05) is 13.8 Å². The highest BCUT2D eigenvalue weighted by atomic mass is 32.2. The number of aromatic nitrogens is 1. The second-order valence-corrected chi connectivity index (χ2v) is 7.33. The van der Waals surface area contributed by atoms with Crippen LogP contribution in [0.4, 0.5) is 0 Å². The Morgan fingerprint density at radius 1 is 1.26 bits per heavy atom. The van der Waals surface area contributed by atoms with Gasteiger partial charge in [-0.3, -0.25) is 4.98 Å². The second-order valence-electron chi connectivity index (χ2n) is 5.07. The number of rotatable bonds is 7. The van der Waals surface area contributed by atoms with E-state index in [0.717, 1.165) is 24.4 Å². The standard InChI is InChI=1S/C14H24N2O2S/c1-5-15-14(7-6-8-19(4,17)18)13-9-11(2)16-12(3)10-13/h9-10,14-15H,5-8H2,1-4H3. The van der Waals surface area contributed by atoms with Crippen molar-refractivity contribution in [2.75, 3.05) is 18.6 Å². The van der Waals surface area contributed by atoms with E-state index >= 15 is 0 Å². The Labute approximate surface area is 116 Å². The molecule has 1 heterocycles. The van der Waals surface area contributed by atoms with E-state index in [1.165, 1.54) is 11.8 Å². The molecule has 0 saturated carbocycles. The van der Waals surface area contributed by atoms with Gasteiger partial charge in [0, 0.05) is 29.4 Å². The predicted molar refractivity (Wildman–Crippen MR) is 79.1 cm³/mol. The van der Waals surface area contributed by atoms with Crippen LogP contribution in [0.3, 0.4) is 0 Å². The van der Waals surface area contributed by atoms with Crippen molar-refractivity contribution >= 4 is 9.84 Å². The van der Waals surface area contributed by atoms with Crippen LogP contribution in [-0.4, -0.2) is 32.0 Å². The molecule has 1 rings (SSSR count). The third-order valence-electron chi connectivity index (χ3n) is 2.96. The molecule has 0 fully saturated rings. The van der Waals surface area contributed by atoms with Gasteiger partial charge in [-0.25, -0.2) is 8.42 Å². The molecule has 0 aliphatic rings. The van der Waals surface area contributed by atoms with Crippen molar-refractivity contribution in [3.8, 4) is 0 Å². The van der Waals surface area contributed by atoms with Gasteiger partial charge in [0.15, 0.2) is 0 Å². The average molecular weight is 284 g/mol. The van der Waals surface area contributed by atoms with Gasteiger partial charge in [0.25, 0.3) is 0 Å². The molecule has 1 aromatic heterocycles. The van der Waals surface area contributed by atoms with Gasteiger partial charge in [0.1, 0.15) is 9.84 Å². The van der Waals surface area contributed by atoms with Crippen LogP contribution in [0.2, 0.25) is 0 Å². The number of aryl methyl sites for hydroxylation is 2. The number of sulfone groups is 1. The monoisotopic (exact) mass is 284 g/mol. The fourth-order valence-corrected chi connectivity index (χ4v) is 2.94. The zero-order valence-corrected chi connectivity index (χ0v) is 13.0. The van der Waals surface area contributed by atoms with E-state index in [1.54, 1.807) is 0 Å². The molecule has 0 saturated heterocycles. The van der Waals surface area contributed by atoms with E-state index in [2.05, 4.69) is 29.4 Å². The number of hydrogen-bond acceptors (Lipinski definition) is 4. The van der Waals surface area contributed by atoms with Gasteiger partial charge in [0.2, 0.25) is 0 Å². The van der Waals surface area contributed by atoms with Crippen LogP contribution in [0, 0.1) is 13.8 Å². The van der Waals surface area contributed by atoms with Crippen LogP contribution in [0.15, 0.2) is 12.1 Å². The number of hydrogen-bond donors (Lipinski definition) is 1. The Morgan fingerprint density at radius 3 is 2.32 bits per heavy atom. The Morgan fingerprint density at radius 2 is 1.84 bits per heavy atom. The number of pyridine rings is 1. The number of nitrogens with zero attached hydrogens (tertiary/aromatic N) is 1. The van der Waals surface area contributed by atoms with Crippen LogP contribution in [0.25, 0.3) is 0 Å². The number of nitrogens with one attached hydrogen (secondary N) is 1. The van der Waals surface area contributed by atoms with E-state index in [4.69, 9.17) is 0 Å². The van der Waals surface area contributed by atoms with Crippen molar-refractivity contribution in [2.24, 2.45) is 0 Å². The minimum Gasteiger partial charge on any atom is -0.310 e. The Bertz CT molecular complexity index is 492. The van der Waals surface area contributed by atoms with Crippen molar-refractivity contribution < 1.29 is 8.42 Å². The molecule has 1 aromatic rings. The average Bonchev–Trinajstić information content (AvgIpc) is 2.25. The maximum atomic E-state index is 11.2. The van der Waals surface area contributed by atoms with Crippen LogP contribution in [-0.2, 0) is 9.84 Å². The molecule has 0 bridgehead atoms. The first kappa shape index (κ1) is 16.1. The molecule has 5 heteroatoms. The highest BCUT2D eigenvalue weighted by Crippen LogP contribution is 2.20. The van der Waals surface area contributed by atoms with Crippen LogP contribution in [0.1, 0.15) is 42.8 Å². The maximum absolute atomic E-state index is 11.2. The van der Waals surface area contributed by atoms with Gasteiger partial charge in [-0.15, -0.1) is 0 Å². The SMILES string of the molecule is CCNC(CCCS(C)(=O)=O)c1cc(C)nc(C)c1. The third-order valence-corrected chi connectivity index (χ3v) is 3.99. The fraction of sp³-hybridized carbons (Fsp3) is 0.643. The summed E-state index contributed by atoms with van der Waals surface area (Å²) in [5.41, 5.74) is 3.20. The van der Waals surface area contributed by atoms with Crippen LogP contribution < -0.4 is 5.32 Å². The molecular weight excluding hydrogens is 260 g/mol. The molecule has 1 N–H and O–H groups in total. The Balaban J connectivity index is 2.76. The van der Waals surface area contributed by atoms with Gasteiger partial charge >= 0.3 is 0 Å². The lowest BCUT2D eigenvalue weighted by molar-refractivity contribution is 0.506. The minimum atomic E-state index is -2.87. The van der Waals surface area contributed by atoms with Gasteiger partial charge in [-0.05, 0) is 50.9 Å². The first-order valence-electron chi connectivity index (χ1n) is 6.68. The minimum absolute atomic E-state index is 0.201. The second kappa shape index (κ2) is 7.01. The van der Waals surface area contributed by atoms with E-state index < -0.39 is 9.84 Å². The summed E-state index contributed by atoms with van der Waals surface area (Å²) in [5.74, 6) is 0.248. The molecule has 0 amide bonds. The van der Waals surface area contributed by atoms with Crippen molar-refractivity contribution in [3.63, 3.8) is 0 Å². The summed E-state index contributed by atoms with van der Waals surface area (Å²) in [6.07, 6.45) is 2.79. The lowest BCUT2D eigenvalue weighted by atomic mass is 10.0. The van der Waals surface area contributed by atoms with Gasteiger partial charge in [-0.2, -0.15) is 0 Å². The van der Waals surface area contributed by atoms with Gasteiger partial charge in [-0.1, -0.05) is 6.92 Å². The van der Waals surface area contributed by atoms with E-state index in [0.29, 0.717) is 6.42 Å². The molecule has 4 nitrogen and oxygen atoms in total. The smallest absolute Gasteiger partial charge is 0.147 e. The highest BCUT2D eigenvalue weighted by molar-refractivity contribution is 7.90. The van der Waals surface area contributed by atoms with Crippen molar-refractivity contribution in [3.05, 3.63) is 29.1 Å². The van der Waals surface area contributed by atoms with Crippen molar-refractivity contribution in [1.29, 1.82) is 0 Å². The summed E-state index contributed by atoms with van der Waals surface area (Å²) < 4.78 is 22.4. The van der Waals surface area contributed by atoms with Crippen molar-refractivity contribution in [1.82, 2.24) is 10.3 Å².